The summed E-state index contributed by atoms with van der Waals surface area (Å²) in [6.07, 6.45) is 1.73. The Morgan fingerprint density at radius 1 is 1.12 bits per heavy atom. The Hall–Kier alpha value is -1.42. The number of hydrogen-bond acceptors (Lipinski definition) is 4. The van der Waals surface area contributed by atoms with Crippen LogP contribution in [0.2, 0.25) is 0 Å². The van der Waals surface area contributed by atoms with E-state index >= 15 is 0 Å². The molecule has 0 unspecified atom stereocenters. The Morgan fingerprint density at radius 2 is 1.71 bits per heavy atom. The van der Waals surface area contributed by atoms with Crippen LogP contribution in [0.5, 0.6) is 17.2 Å². The number of ether oxygens (including phenoxy) is 3. The van der Waals surface area contributed by atoms with Crippen LogP contribution in [0, 0.1) is 0 Å². The molecule has 0 aliphatic carbocycles. The Bertz CT molecular complexity index is 328. The molecule has 0 amide bonds. The fourth-order valence-electron chi connectivity index (χ4n) is 1.59. The minimum atomic E-state index is 0.599. The lowest BCUT2D eigenvalue weighted by molar-refractivity contribution is 0.274. The fraction of sp³-hybridized carbons (Fsp3) is 0.538. The number of hydrogen-bond donors (Lipinski definition) is 1. The topological polar surface area (TPSA) is 53.7 Å². The molecule has 4 nitrogen and oxygen atoms in total. The van der Waals surface area contributed by atoms with Gasteiger partial charge in [-0.1, -0.05) is 6.92 Å². The molecule has 1 aromatic rings. The smallest absolute Gasteiger partial charge is 0.203 e. The van der Waals surface area contributed by atoms with Gasteiger partial charge in [0.1, 0.15) is 0 Å². The minimum Gasteiger partial charge on any atom is -0.493 e. The molecule has 0 saturated carbocycles. The van der Waals surface area contributed by atoms with Crippen molar-refractivity contribution in [3.8, 4) is 17.2 Å². The van der Waals surface area contributed by atoms with Crippen LogP contribution < -0.4 is 19.9 Å². The Morgan fingerprint density at radius 3 is 2.12 bits per heavy atom. The van der Waals surface area contributed by atoms with E-state index in [1.807, 2.05) is 12.1 Å². The molecule has 0 heterocycles. The van der Waals surface area contributed by atoms with Gasteiger partial charge < -0.3 is 19.9 Å². The summed E-state index contributed by atoms with van der Waals surface area (Å²) >= 11 is 0. The van der Waals surface area contributed by atoms with E-state index in [1.165, 1.54) is 0 Å². The molecule has 0 saturated heterocycles. The van der Waals surface area contributed by atoms with E-state index in [-0.39, 0.29) is 0 Å². The zero-order chi connectivity index (χ0) is 12.7. The van der Waals surface area contributed by atoms with Crippen LogP contribution in [-0.2, 0) is 6.42 Å². The van der Waals surface area contributed by atoms with Crippen molar-refractivity contribution in [2.45, 2.75) is 19.8 Å². The van der Waals surface area contributed by atoms with Crippen molar-refractivity contribution in [2.24, 2.45) is 5.73 Å². The highest BCUT2D eigenvalue weighted by Gasteiger charge is 2.13. The monoisotopic (exact) mass is 239 g/mol. The van der Waals surface area contributed by atoms with Crippen LogP contribution >= 0.6 is 0 Å². The zero-order valence-electron chi connectivity index (χ0n) is 10.8. The molecule has 1 aromatic carbocycles. The van der Waals surface area contributed by atoms with Crippen LogP contribution in [0.25, 0.3) is 0 Å². The first-order valence-corrected chi connectivity index (χ1v) is 5.84. The van der Waals surface area contributed by atoms with Gasteiger partial charge in [0.05, 0.1) is 20.8 Å². The van der Waals surface area contributed by atoms with E-state index in [0.29, 0.717) is 30.4 Å². The Labute approximate surface area is 103 Å². The fourth-order valence-corrected chi connectivity index (χ4v) is 1.59. The van der Waals surface area contributed by atoms with Crippen molar-refractivity contribution in [3.63, 3.8) is 0 Å². The first kappa shape index (κ1) is 13.6. The average Bonchev–Trinajstić information content (AvgIpc) is 2.36. The summed E-state index contributed by atoms with van der Waals surface area (Å²) in [5.74, 6) is 2.06. The van der Waals surface area contributed by atoms with Crippen molar-refractivity contribution in [3.05, 3.63) is 17.7 Å². The molecule has 1 rings (SSSR count). The first-order valence-electron chi connectivity index (χ1n) is 5.84. The maximum atomic E-state index is 5.65. The summed E-state index contributed by atoms with van der Waals surface area (Å²) in [6, 6.07) is 3.89. The minimum absolute atomic E-state index is 0.599. The van der Waals surface area contributed by atoms with E-state index in [0.717, 1.165) is 18.4 Å². The second-order valence-electron chi connectivity index (χ2n) is 3.72. The normalized spacial score (nSPS) is 10.1. The molecule has 0 spiro atoms. The molecule has 17 heavy (non-hydrogen) atoms. The third-order valence-electron chi connectivity index (χ3n) is 2.40. The average molecular weight is 239 g/mol. The largest absolute Gasteiger partial charge is 0.493 e. The van der Waals surface area contributed by atoms with Crippen molar-refractivity contribution < 1.29 is 14.2 Å². The van der Waals surface area contributed by atoms with E-state index in [4.69, 9.17) is 19.9 Å². The molecule has 2 N–H and O–H groups in total. The lowest BCUT2D eigenvalue weighted by Gasteiger charge is -2.15. The van der Waals surface area contributed by atoms with E-state index < -0.39 is 0 Å². The number of rotatable bonds is 7. The van der Waals surface area contributed by atoms with E-state index in [9.17, 15) is 0 Å². The maximum absolute atomic E-state index is 5.65. The first-order chi connectivity index (χ1) is 8.26. The van der Waals surface area contributed by atoms with Gasteiger partial charge in [0, 0.05) is 0 Å². The summed E-state index contributed by atoms with van der Waals surface area (Å²) < 4.78 is 16.3. The van der Waals surface area contributed by atoms with Gasteiger partial charge in [-0.2, -0.15) is 0 Å². The molecule has 0 aliphatic rings. The van der Waals surface area contributed by atoms with Gasteiger partial charge in [0.15, 0.2) is 11.5 Å². The predicted molar refractivity (Wildman–Crippen MR) is 68.1 cm³/mol. The lowest BCUT2D eigenvalue weighted by atomic mass is 10.1. The molecule has 0 fully saturated rings. The Kier molecular flexibility index (Phi) is 5.63. The summed E-state index contributed by atoms with van der Waals surface area (Å²) in [7, 11) is 3.25. The van der Waals surface area contributed by atoms with Crippen molar-refractivity contribution in [1.82, 2.24) is 0 Å². The standard InChI is InChI=1S/C13H21NO3/c1-4-7-17-13-11(15-2)8-10(5-6-14)9-12(13)16-3/h8-9H,4-7,14H2,1-3H3. The molecule has 0 bridgehead atoms. The van der Waals surface area contributed by atoms with Crippen molar-refractivity contribution in [2.75, 3.05) is 27.4 Å². The van der Waals surface area contributed by atoms with Crippen LogP contribution in [0.3, 0.4) is 0 Å². The highest BCUT2D eigenvalue weighted by molar-refractivity contribution is 5.53. The van der Waals surface area contributed by atoms with Gasteiger partial charge in [-0.3, -0.25) is 0 Å². The molecular weight excluding hydrogens is 218 g/mol. The molecule has 0 aliphatic heterocycles. The SMILES string of the molecule is CCCOc1c(OC)cc(CCN)cc1OC. The van der Waals surface area contributed by atoms with Crippen molar-refractivity contribution in [1.29, 1.82) is 0 Å². The van der Waals surface area contributed by atoms with Gasteiger partial charge in [0.25, 0.3) is 0 Å². The summed E-state index contributed by atoms with van der Waals surface area (Å²) in [4.78, 5) is 0. The number of methoxy groups -OCH3 is 2. The third kappa shape index (κ3) is 3.53. The third-order valence-corrected chi connectivity index (χ3v) is 2.40. The number of benzene rings is 1. The molecule has 0 atom stereocenters. The van der Waals surface area contributed by atoms with Gasteiger partial charge in [0.2, 0.25) is 5.75 Å². The van der Waals surface area contributed by atoms with Gasteiger partial charge in [-0.25, -0.2) is 0 Å². The zero-order valence-corrected chi connectivity index (χ0v) is 10.8. The highest BCUT2D eigenvalue weighted by atomic mass is 16.5. The van der Waals surface area contributed by atoms with Gasteiger partial charge >= 0.3 is 0 Å². The molecule has 96 valence electrons. The van der Waals surface area contributed by atoms with Gasteiger partial charge in [-0.15, -0.1) is 0 Å². The predicted octanol–water partition coefficient (Wildman–Crippen LogP) is 1.99. The summed E-state index contributed by atoms with van der Waals surface area (Å²) in [5, 5.41) is 0. The summed E-state index contributed by atoms with van der Waals surface area (Å²) in [6.45, 7) is 3.30. The van der Waals surface area contributed by atoms with Gasteiger partial charge in [-0.05, 0) is 37.1 Å². The van der Waals surface area contributed by atoms with Crippen LogP contribution in [-0.4, -0.2) is 27.4 Å². The molecule has 4 heteroatoms. The lowest BCUT2D eigenvalue weighted by Crippen LogP contribution is -2.05. The second-order valence-corrected chi connectivity index (χ2v) is 3.72. The van der Waals surface area contributed by atoms with Crippen LogP contribution in [0.4, 0.5) is 0 Å². The molecular formula is C13H21NO3. The second kappa shape index (κ2) is 7.01. The van der Waals surface area contributed by atoms with Crippen LogP contribution in [0.1, 0.15) is 18.9 Å². The summed E-state index contributed by atoms with van der Waals surface area (Å²) in [5.41, 5.74) is 6.64. The molecule has 0 radical (unpaired) electrons. The highest BCUT2D eigenvalue weighted by Crippen LogP contribution is 2.38. The Balaban J connectivity index is 3.07. The quantitative estimate of drug-likeness (QED) is 0.790. The maximum Gasteiger partial charge on any atom is 0.203 e. The van der Waals surface area contributed by atoms with E-state index in [2.05, 4.69) is 6.92 Å². The van der Waals surface area contributed by atoms with Crippen molar-refractivity contribution >= 4 is 0 Å². The number of nitrogens with two attached hydrogens (primary N) is 1. The van der Waals surface area contributed by atoms with E-state index in [1.54, 1.807) is 14.2 Å². The molecule has 0 aromatic heterocycles. The van der Waals surface area contributed by atoms with Crippen LogP contribution in [0.15, 0.2) is 12.1 Å².